The monoisotopic (exact) mass is 454 g/mol. The van der Waals surface area contributed by atoms with Gasteiger partial charge >= 0.3 is 24.7 Å². The summed E-state index contributed by atoms with van der Waals surface area (Å²) in [6.07, 6.45) is -21.4. The molecule has 16 heteroatoms. The fraction of sp³-hybridized carbons (Fsp3) is 0.385. The largest absolute Gasteiger partial charge is 0.456 e. The van der Waals surface area contributed by atoms with Gasteiger partial charge in [0.15, 0.2) is 0 Å². The zero-order chi connectivity index (χ0) is 23.5. The van der Waals surface area contributed by atoms with E-state index in [0.717, 1.165) is 0 Å². The first-order valence-corrected chi connectivity index (χ1v) is 5.88. The highest BCUT2D eigenvalue weighted by Crippen LogP contribution is 2.29. The first-order chi connectivity index (χ1) is 12.0. The second kappa shape index (κ2) is 9.69. The van der Waals surface area contributed by atoms with Crippen molar-refractivity contribution in [2.45, 2.75) is 32.1 Å². The van der Waals surface area contributed by atoms with Crippen LogP contribution in [0.1, 0.15) is 7.43 Å². The number of allylic oxidation sites excluding steroid dienone is 2. The zero-order valence-corrected chi connectivity index (χ0v) is 12.8. The van der Waals surface area contributed by atoms with Gasteiger partial charge in [0.05, 0.1) is 11.1 Å². The first-order valence-electron chi connectivity index (χ1n) is 5.88. The SMILES string of the molecule is C.C=C(C(=N)C(=O)C(F)(F)F)C(F)(F)F.C=C(C(=N)C(=O)C(F)(F)F)C(F)(F)F. The molecule has 0 atom stereocenters. The quantitative estimate of drug-likeness (QED) is 0.455. The van der Waals surface area contributed by atoms with Crippen LogP contribution in [0.2, 0.25) is 0 Å². The number of ketones is 2. The molecule has 0 radical (unpaired) electrons. The van der Waals surface area contributed by atoms with Gasteiger partial charge in [0.1, 0.15) is 11.4 Å². The second-order valence-electron chi connectivity index (χ2n) is 4.36. The summed E-state index contributed by atoms with van der Waals surface area (Å²) in [4.78, 5) is 20.3. The van der Waals surface area contributed by atoms with E-state index in [0.29, 0.717) is 0 Å². The maximum atomic E-state index is 11.7. The van der Waals surface area contributed by atoms with Gasteiger partial charge in [0.2, 0.25) is 0 Å². The fourth-order valence-corrected chi connectivity index (χ4v) is 0.841. The molecule has 0 aromatic carbocycles. The predicted octanol–water partition coefficient (Wildman–Crippen LogP) is 5.15. The van der Waals surface area contributed by atoms with Gasteiger partial charge in [-0.15, -0.1) is 0 Å². The Morgan fingerprint density at radius 1 is 0.517 bits per heavy atom. The van der Waals surface area contributed by atoms with Gasteiger partial charge < -0.3 is 0 Å². The molecule has 0 aromatic rings. The lowest BCUT2D eigenvalue weighted by molar-refractivity contribution is -0.163. The van der Waals surface area contributed by atoms with Crippen molar-refractivity contribution in [3.05, 3.63) is 24.3 Å². The molecule has 0 aromatic heterocycles. The highest BCUT2D eigenvalue weighted by atomic mass is 19.4. The molecule has 4 nitrogen and oxygen atoms in total. The fourth-order valence-electron chi connectivity index (χ4n) is 0.841. The van der Waals surface area contributed by atoms with Gasteiger partial charge in [-0.3, -0.25) is 20.4 Å². The van der Waals surface area contributed by atoms with E-state index in [1.165, 1.54) is 0 Å². The zero-order valence-electron chi connectivity index (χ0n) is 12.8. The van der Waals surface area contributed by atoms with Crippen LogP contribution >= 0.6 is 0 Å². The molecular weight excluding hydrogens is 444 g/mol. The van der Waals surface area contributed by atoms with Crippen LogP contribution in [-0.4, -0.2) is 47.7 Å². The smallest absolute Gasteiger partial charge is 0.296 e. The molecule has 2 N–H and O–H groups in total. The number of hydrogen-bond donors (Lipinski definition) is 2. The lowest BCUT2D eigenvalue weighted by atomic mass is 10.1. The Morgan fingerprint density at radius 2 is 0.690 bits per heavy atom. The lowest BCUT2D eigenvalue weighted by Gasteiger charge is -2.11. The van der Waals surface area contributed by atoms with E-state index in [1.807, 2.05) is 0 Å². The summed E-state index contributed by atoms with van der Waals surface area (Å²) in [5.41, 5.74) is -8.60. The molecule has 0 saturated carbocycles. The van der Waals surface area contributed by atoms with Crippen LogP contribution in [0.4, 0.5) is 52.7 Å². The molecule has 0 heterocycles. The van der Waals surface area contributed by atoms with Gasteiger partial charge in [-0.2, -0.15) is 52.7 Å². The Morgan fingerprint density at radius 3 is 0.793 bits per heavy atom. The third kappa shape index (κ3) is 9.89. The van der Waals surface area contributed by atoms with E-state index in [9.17, 15) is 62.3 Å². The van der Waals surface area contributed by atoms with Crippen LogP contribution in [0.15, 0.2) is 24.3 Å². The summed E-state index contributed by atoms with van der Waals surface area (Å²) in [6.45, 7) is 4.38. The summed E-state index contributed by atoms with van der Waals surface area (Å²) >= 11 is 0. The van der Waals surface area contributed by atoms with Crippen LogP contribution < -0.4 is 0 Å². The number of Topliss-reactive ketones (excluding diaryl/α,β-unsaturated/α-hetero) is 2. The molecule has 0 spiro atoms. The van der Waals surface area contributed by atoms with Crippen molar-refractivity contribution < 1.29 is 62.3 Å². The van der Waals surface area contributed by atoms with E-state index in [4.69, 9.17) is 10.8 Å². The summed E-state index contributed by atoms with van der Waals surface area (Å²) < 4.78 is 139. The van der Waals surface area contributed by atoms with Gasteiger partial charge in [-0.05, 0) is 0 Å². The molecule has 0 fully saturated rings. The Kier molecular flexibility index (Phi) is 10.4. The van der Waals surface area contributed by atoms with Crippen molar-refractivity contribution in [3.63, 3.8) is 0 Å². The van der Waals surface area contributed by atoms with Gasteiger partial charge in [-0.1, -0.05) is 20.6 Å². The van der Waals surface area contributed by atoms with Crippen LogP contribution in [0.5, 0.6) is 0 Å². The van der Waals surface area contributed by atoms with Crippen molar-refractivity contribution in [1.82, 2.24) is 0 Å². The van der Waals surface area contributed by atoms with Crippen molar-refractivity contribution in [1.29, 1.82) is 10.8 Å². The Balaban J connectivity index is -0.000000451. The van der Waals surface area contributed by atoms with E-state index in [1.54, 1.807) is 0 Å². The number of carbonyl (C=O) groups excluding carboxylic acids is 2. The maximum absolute atomic E-state index is 11.7. The Bertz CT molecular complexity index is 577. The topological polar surface area (TPSA) is 81.8 Å². The molecule has 0 unspecified atom stereocenters. The molecule has 168 valence electrons. The molecule has 29 heavy (non-hydrogen) atoms. The highest BCUT2D eigenvalue weighted by molar-refractivity contribution is 6.47. The molecule has 0 saturated heterocycles. The maximum Gasteiger partial charge on any atom is 0.456 e. The van der Waals surface area contributed by atoms with Crippen LogP contribution in [0.25, 0.3) is 0 Å². The van der Waals surface area contributed by atoms with E-state index in [-0.39, 0.29) is 7.43 Å². The third-order valence-electron chi connectivity index (χ3n) is 2.26. The highest BCUT2D eigenvalue weighted by Gasteiger charge is 2.47. The average molecular weight is 454 g/mol. The minimum Gasteiger partial charge on any atom is -0.296 e. The van der Waals surface area contributed by atoms with E-state index in [2.05, 4.69) is 13.2 Å². The third-order valence-corrected chi connectivity index (χ3v) is 2.26. The van der Waals surface area contributed by atoms with Gasteiger partial charge in [0.25, 0.3) is 11.6 Å². The molecule has 0 rings (SSSR count). The number of alkyl halides is 12. The van der Waals surface area contributed by atoms with Crippen molar-refractivity contribution >= 4 is 23.0 Å². The first kappa shape index (κ1) is 31.0. The second-order valence-corrected chi connectivity index (χ2v) is 4.36. The summed E-state index contributed by atoms with van der Waals surface area (Å²) in [6, 6.07) is 0. The summed E-state index contributed by atoms with van der Waals surface area (Å²) in [7, 11) is 0. The van der Waals surface area contributed by atoms with Crippen LogP contribution in [0.3, 0.4) is 0 Å². The normalized spacial score (nSPS) is 12.0. The Labute approximate surface area is 153 Å². The van der Waals surface area contributed by atoms with E-state index < -0.39 is 58.8 Å². The molecule has 0 aliphatic rings. The predicted molar refractivity (Wildman–Crippen MR) is 74.7 cm³/mol. The molecular formula is C13H10F12N2O2. The van der Waals surface area contributed by atoms with Crippen molar-refractivity contribution in [2.24, 2.45) is 0 Å². The summed E-state index contributed by atoms with van der Waals surface area (Å²) in [5.74, 6) is -5.72. The minimum absolute atomic E-state index is 0. The number of hydrogen-bond acceptors (Lipinski definition) is 4. The molecule has 0 aliphatic carbocycles. The number of rotatable bonds is 4. The summed E-state index contributed by atoms with van der Waals surface area (Å²) in [5, 5.41) is 12.6. The van der Waals surface area contributed by atoms with E-state index >= 15 is 0 Å². The van der Waals surface area contributed by atoms with Gasteiger partial charge in [-0.25, -0.2) is 0 Å². The minimum atomic E-state index is -5.49. The molecule has 0 aliphatic heterocycles. The standard InChI is InChI=1S/2C6H3F6NO.CH4/c2*1-2(5(7,8)9)3(13)4(14)6(10,11)12;/h2*13H,1H2;1H4. The number of nitrogens with one attached hydrogen (secondary N) is 2. The van der Waals surface area contributed by atoms with Crippen molar-refractivity contribution in [2.75, 3.05) is 0 Å². The van der Waals surface area contributed by atoms with Gasteiger partial charge in [0, 0.05) is 0 Å². The van der Waals surface area contributed by atoms with Crippen molar-refractivity contribution in [3.8, 4) is 0 Å². The van der Waals surface area contributed by atoms with Crippen LogP contribution in [-0.2, 0) is 9.59 Å². The number of carbonyl (C=O) groups is 2. The lowest BCUT2D eigenvalue weighted by Crippen LogP contribution is -2.34. The molecule has 0 amide bonds. The van der Waals surface area contributed by atoms with Crippen LogP contribution in [0, 0.1) is 10.8 Å². The average Bonchev–Trinajstić information content (AvgIpc) is 2.47. The number of halogens is 12. The Hall–Kier alpha value is -2.68. The molecule has 0 bridgehead atoms.